The fraction of sp³-hybridized carbons (Fsp3) is 0.296. The molecule has 1 amide bonds. The number of ether oxygens (including phenoxy) is 2. The first-order valence-electron chi connectivity index (χ1n) is 11.5. The minimum Gasteiger partial charge on any atom is -0.507 e. The van der Waals surface area contributed by atoms with Crippen molar-refractivity contribution in [2.75, 3.05) is 41.4 Å². The van der Waals surface area contributed by atoms with Crippen LogP contribution >= 0.6 is 0 Å². The van der Waals surface area contributed by atoms with E-state index in [1.54, 1.807) is 29.8 Å². The fourth-order valence-electron chi connectivity index (χ4n) is 4.49. The molecule has 1 fully saturated rings. The molecule has 1 aliphatic heterocycles. The molecule has 9 nitrogen and oxygen atoms in total. The number of aliphatic hydroxyl groups excluding tert-OH is 1. The number of hydrogen-bond acceptors (Lipinski definition) is 7. The molecule has 4 rings (SSSR count). The molecule has 0 saturated carbocycles. The Labute approximate surface area is 210 Å². The third-order valence-corrected chi connectivity index (χ3v) is 6.32. The van der Waals surface area contributed by atoms with E-state index in [0.29, 0.717) is 34.9 Å². The van der Waals surface area contributed by atoms with Gasteiger partial charge < -0.3 is 24.4 Å². The van der Waals surface area contributed by atoms with Crippen LogP contribution in [0.5, 0.6) is 11.5 Å². The lowest BCUT2D eigenvalue weighted by atomic mass is 9.94. The molecule has 188 valence electrons. The highest BCUT2D eigenvalue weighted by Gasteiger charge is 2.47. The summed E-state index contributed by atoms with van der Waals surface area (Å²) in [5.41, 5.74) is 2.35. The number of aromatic nitrogens is 2. The molecule has 0 spiro atoms. The maximum atomic E-state index is 13.4. The summed E-state index contributed by atoms with van der Waals surface area (Å²) in [6.45, 7) is 2.61. The summed E-state index contributed by atoms with van der Waals surface area (Å²) in [6, 6.07) is 13.9. The summed E-state index contributed by atoms with van der Waals surface area (Å²) in [6.07, 6.45) is 1.50. The van der Waals surface area contributed by atoms with Crippen LogP contribution in [-0.4, -0.2) is 77.8 Å². The van der Waals surface area contributed by atoms with E-state index in [-0.39, 0.29) is 17.9 Å². The average Bonchev–Trinajstić information content (AvgIpc) is 3.39. The summed E-state index contributed by atoms with van der Waals surface area (Å²) in [4.78, 5) is 30.0. The zero-order chi connectivity index (χ0) is 26.0. The van der Waals surface area contributed by atoms with E-state index in [2.05, 4.69) is 5.10 Å². The van der Waals surface area contributed by atoms with E-state index in [9.17, 15) is 14.7 Å². The van der Waals surface area contributed by atoms with Crippen molar-refractivity contribution in [1.82, 2.24) is 19.6 Å². The Hall–Kier alpha value is -4.11. The van der Waals surface area contributed by atoms with Crippen LogP contribution in [0.3, 0.4) is 0 Å². The van der Waals surface area contributed by atoms with Gasteiger partial charge in [0.05, 0.1) is 49.0 Å². The van der Waals surface area contributed by atoms with Gasteiger partial charge >= 0.3 is 0 Å². The zero-order valence-electron chi connectivity index (χ0n) is 21.1. The molecule has 9 heteroatoms. The second-order valence-electron chi connectivity index (χ2n) is 8.77. The zero-order valence-corrected chi connectivity index (χ0v) is 21.1. The van der Waals surface area contributed by atoms with Gasteiger partial charge in [0.2, 0.25) is 0 Å². The topological polar surface area (TPSA) is 97.1 Å². The van der Waals surface area contributed by atoms with Gasteiger partial charge in [-0.1, -0.05) is 30.3 Å². The first-order valence-corrected chi connectivity index (χ1v) is 11.5. The van der Waals surface area contributed by atoms with Crippen molar-refractivity contribution < 1.29 is 24.2 Å². The van der Waals surface area contributed by atoms with E-state index in [1.165, 1.54) is 25.3 Å². The van der Waals surface area contributed by atoms with Crippen LogP contribution in [0.25, 0.3) is 11.4 Å². The minimum atomic E-state index is -0.866. The van der Waals surface area contributed by atoms with Gasteiger partial charge in [-0.15, -0.1) is 0 Å². The number of rotatable bonds is 8. The molecule has 0 radical (unpaired) electrons. The Morgan fingerprint density at radius 1 is 1.06 bits per heavy atom. The quantitative estimate of drug-likeness (QED) is 0.294. The normalized spacial score (nSPS) is 17.2. The number of carbonyl (C=O) groups is 2. The van der Waals surface area contributed by atoms with Gasteiger partial charge in [-0.3, -0.25) is 9.59 Å². The van der Waals surface area contributed by atoms with E-state index >= 15 is 0 Å². The Kier molecular flexibility index (Phi) is 7.12. The molecule has 1 aliphatic rings. The number of carbonyl (C=O) groups excluding carboxylic acids is 2. The minimum absolute atomic E-state index is 0.0129. The molecule has 0 unspecified atom stereocenters. The van der Waals surface area contributed by atoms with Gasteiger partial charge in [-0.2, -0.15) is 5.10 Å². The van der Waals surface area contributed by atoms with Gasteiger partial charge in [-0.05, 0) is 39.2 Å². The van der Waals surface area contributed by atoms with E-state index in [1.807, 2.05) is 49.3 Å². The number of para-hydroxylation sites is 2. The van der Waals surface area contributed by atoms with Crippen LogP contribution in [0, 0.1) is 6.92 Å². The number of aliphatic hydroxyl groups is 1. The highest BCUT2D eigenvalue weighted by Crippen LogP contribution is 2.45. The lowest BCUT2D eigenvalue weighted by Crippen LogP contribution is -2.35. The number of ketones is 1. The predicted molar refractivity (Wildman–Crippen MR) is 135 cm³/mol. The molecule has 2 heterocycles. The number of hydrogen-bond donors (Lipinski definition) is 1. The van der Waals surface area contributed by atoms with Crippen molar-refractivity contribution in [2.45, 2.75) is 13.0 Å². The van der Waals surface area contributed by atoms with Crippen LogP contribution in [0.15, 0.2) is 60.3 Å². The molecule has 0 aliphatic carbocycles. The molecule has 1 aromatic heterocycles. The summed E-state index contributed by atoms with van der Waals surface area (Å²) >= 11 is 0. The van der Waals surface area contributed by atoms with Crippen molar-refractivity contribution in [3.8, 4) is 17.2 Å². The van der Waals surface area contributed by atoms with E-state index < -0.39 is 17.7 Å². The van der Waals surface area contributed by atoms with E-state index in [4.69, 9.17) is 9.47 Å². The molecule has 0 bridgehead atoms. The van der Waals surface area contributed by atoms with Crippen LogP contribution in [0.4, 0.5) is 0 Å². The Morgan fingerprint density at radius 2 is 1.78 bits per heavy atom. The van der Waals surface area contributed by atoms with Crippen LogP contribution in [0.1, 0.15) is 22.9 Å². The third kappa shape index (κ3) is 4.33. The molecule has 3 aromatic rings. The van der Waals surface area contributed by atoms with Gasteiger partial charge in [0, 0.05) is 18.7 Å². The van der Waals surface area contributed by atoms with Crippen LogP contribution < -0.4 is 9.47 Å². The highest BCUT2D eigenvalue weighted by molar-refractivity contribution is 6.46. The summed E-state index contributed by atoms with van der Waals surface area (Å²) in [5, 5.41) is 15.9. The molecule has 1 atom stereocenters. The smallest absolute Gasteiger partial charge is 0.295 e. The maximum absolute atomic E-state index is 13.4. The third-order valence-electron chi connectivity index (χ3n) is 6.32. The number of methoxy groups -OCH3 is 2. The largest absolute Gasteiger partial charge is 0.507 e. The molecule has 1 N–H and O–H groups in total. The van der Waals surface area contributed by atoms with Gasteiger partial charge in [-0.25, -0.2) is 4.68 Å². The second-order valence-corrected chi connectivity index (χ2v) is 8.77. The Balaban J connectivity index is 1.91. The highest BCUT2D eigenvalue weighted by atomic mass is 16.5. The van der Waals surface area contributed by atoms with Gasteiger partial charge in [0.15, 0.2) is 11.5 Å². The van der Waals surface area contributed by atoms with Crippen molar-refractivity contribution in [3.05, 3.63) is 77.1 Å². The van der Waals surface area contributed by atoms with Gasteiger partial charge in [0.25, 0.3) is 11.7 Å². The SMILES string of the molecule is COc1cccc([C@H]2/C(=C(\O)c3cnn(-c4ccccc4)c3C)C(=O)C(=O)N2CCN(C)C)c1OC. The monoisotopic (exact) mass is 490 g/mol. The van der Waals surface area contributed by atoms with Gasteiger partial charge in [0.1, 0.15) is 5.76 Å². The number of nitrogens with zero attached hydrogens (tertiary/aromatic N) is 4. The average molecular weight is 491 g/mol. The number of likely N-dealkylation sites (N-methyl/N-ethyl adjacent to an activating group) is 1. The number of benzene rings is 2. The molecule has 36 heavy (non-hydrogen) atoms. The van der Waals surface area contributed by atoms with Crippen molar-refractivity contribution in [3.63, 3.8) is 0 Å². The Morgan fingerprint density at radius 3 is 2.42 bits per heavy atom. The molecule has 1 saturated heterocycles. The number of amides is 1. The van der Waals surface area contributed by atoms with Crippen LogP contribution in [0.2, 0.25) is 0 Å². The first-order chi connectivity index (χ1) is 17.3. The van der Waals surface area contributed by atoms with Crippen molar-refractivity contribution >= 4 is 17.4 Å². The lowest BCUT2D eigenvalue weighted by molar-refractivity contribution is -0.140. The fourth-order valence-corrected chi connectivity index (χ4v) is 4.49. The summed E-state index contributed by atoms with van der Waals surface area (Å²) in [5.74, 6) is -0.866. The second kappa shape index (κ2) is 10.2. The molecular formula is C27H30N4O5. The van der Waals surface area contributed by atoms with Crippen molar-refractivity contribution in [2.24, 2.45) is 0 Å². The number of Topliss-reactive ketones (excluding diaryl/α,β-unsaturated/α-hetero) is 1. The van der Waals surface area contributed by atoms with Crippen LogP contribution in [-0.2, 0) is 9.59 Å². The maximum Gasteiger partial charge on any atom is 0.295 e. The summed E-state index contributed by atoms with van der Waals surface area (Å²) in [7, 11) is 6.80. The number of likely N-dealkylation sites (tertiary alicyclic amines) is 1. The van der Waals surface area contributed by atoms with E-state index in [0.717, 1.165) is 5.69 Å². The summed E-state index contributed by atoms with van der Waals surface area (Å²) < 4.78 is 12.8. The standard InChI is InChI=1S/C27H30N4O5/c1-17-20(16-28-31(17)18-10-7-6-8-11-18)24(32)22-23(19-12-9-13-21(35-4)26(19)36-5)30(15-14-29(2)3)27(34)25(22)33/h6-13,16,23,32H,14-15H2,1-5H3/b24-22+/t23-/m0/s1. The Bertz CT molecular complexity index is 1310. The predicted octanol–water partition coefficient (Wildman–Crippen LogP) is 3.18. The van der Waals surface area contributed by atoms with Crippen molar-refractivity contribution in [1.29, 1.82) is 0 Å². The molecule has 2 aromatic carbocycles. The first kappa shape index (κ1) is 25.0. The molecular weight excluding hydrogens is 460 g/mol. The lowest BCUT2D eigenvalue weighted by Gasteiger charge is -2.28.